The van der Waals surface area contributed by atoms with E-state index >= 15 is 0 Å². The molecule has 3 heteroatoms. The Morgan fingerprint density at radius 2 is 2.07 bits per heavy atom. The molecule has 0 aromatic carbocycles. The first kappa shape index (κ1) is 9.49. The predicted octanol–water partition coefficient (Wildman–Crippen LogP) is 1.71. The third-order valence-corrected chi connectivity index (χ3v) is 6.30. The largest absolute Gasteiger partial charge is 0.268 e. The molecule has 80 valence electrons. The molecule has 4 rings (SSSR count). The minimum absolute atomic E-state index is 0.699. The van der Waals surface area contributed by atoms with Crippen LogP contribution in [0.4, 0.5) is 0 Å². The van der Waals surface area contributed by atoms with Crippen molar-refractivity contribution < 1.29 is 0 Å². The Morgan fingerprint density at radius 3 is 2.79 bits per heavy atom. The SMILES string of the molecule is CC1CCN(N)[C@H]2C(S1)C1C[C@@H]2C1C. The summed E-state index contributed by atoms with van der Waals surface area (Å²) in [5.41, 5.74) is 0. The Bertz CT molecular complexity index is 245. The molecule has 2 bridgehead atoms. The molecule has 2 N–H and O–H groups in total. The minimum atomic E-state index is 0.699. The zero-order chi connectivity index (χ0) is 9.87. The van der Waals surface area contributed by atoms with Gasteiger partial charge in [-0.1, -0.05) is 13.8 Å². The molecule has 0 aromatic heterocycles. The van der Waals surface area contributed by atoms with E-state index in [0.29, 0.717) is 6.04 Å². The molecule has 0 amide bonds. The molecule has 6 atom stereocenters. The molecule has 0 aromatic rings. The standard InChI is InChI=1S/C11H20N2S/c1-6-3-4-13(12)10-8-5-9(7(8)2)11(10)14-6/h6-11H,3-5,12H2,1-2H3/t6?,7?,8-,9?,10-,11?/m1/s1. The maximum Gasteiger partial charge on any atom is 0.0393 e. The second-order valence-electron chi connectivity index (χ2n) is 5.35. The van der Waals surface area contributed by atoms with Crippen molar-refractivity contribution in [3.8, 4) is 0 Å². The van der Waals surface area contributed by atoms with E-state index in [0.717, 1.165) is 34.8 Å². The Morgan fingerprint density at radius 1 is 1.29 bits per heavy atom. The highest BCUT2D eigenvalue weighted by molar-refractivity contribution is 8.00. The number of hydrogen-bond donors (Lipinski definition) is 1. The highest BCUT2D eigenvalue weighted by atomic mass is 32.2. The summed E-state index contributed by atoms with van der Waals surface area (Å²) in [4.78, 5) is 0. The summed E-state index contributed by atoms with van der Waals surface area (Å²) in [6, 6.07) is 0.699. The van der Waals surface area contributed by atoms with Crippen LogP contribution in [0, 0.1) is 17.8 Å². The first-order valence-electron chi connectivity index (χ1n) is 5.85. The van der Waals surface area contributed by atoms with Crippen LogP contribution in [0.3, 0.4) is 0 Å². The van der Waals surface area contributed by atoms with Crippen molar-refractivity contribution in [2.24, 2.45) is 23.6 Å². The van der Waals surface area contributed by atoms with Crippen LogP contribution in [0.25, 0.3) is 0 Å². The topological polar surface area (TPSA) is 29.3 Å². The van der Waals surface area contributed by atoms with Crippen molar-refractivity contribution in [2.45, 2.75) is 43.2 Å². The van der Waals surface area contributed by atoms with Gasteiger partial charge in [-0.05, 0) is 30.6 Å². The summed E-state index contributed by atoms with van der Waals surface area (Å²) >= 11 is 2.21. The summed E-state index contributed by atoms with van der Waals surface area (Å²) < 4.78 is 0. The second kappa shape index (κ2) is 3.13. The van der Waals surface area contributed by atoms with Gasteiger partial charge in [0.05, 0.1) is 0 Å². The fourth-order valence-electron chi connectivity index (χ4n) is 3.68. The van der Waals surface area contributed by atoms with Crippen molar-refractivity contribution in [1.82, 2.24) is 5.01 Å². The maximum atomic E-state index is 6.18. The number of nitrogens with two attached hydrogens (primary N) is 1. The van der Waals surface area contributed by atoms with Crippen LogP contribution in [-0.2, 0) is 0 Å². The Labute approximate surface area is 90.6 Å². The lowest BCUT2D eigenvalue weighted by atomic mass is 9.73. The van der Waals surface area contributed by atoms with E-state index in [2.05, 4.69) is 30.6 Å². The van der Waals surface area contributed by atoms with Crippen LogP contribution in [-0.4, -0.2) is 28.1 Å². The van der Waals surface area contributed by atoms with Crippen LogP contribution in [0.15, 0.2) is 0 Å². The van der Waals surface area contributed by atoms with E-state index in [-0.39, 0.29) is 0 Å². The van der Waals surface area contributed by atoms with E-state index in [1.165, 1.54) is 12.8 Å². The third kappa shape index (κ3) is 1.12. The number of rotatable bonds is 0. The van der Waals surface area contributed by atoms with Crippen molar-refractivity contribution in [3.63, 3.8) is 0 Å². The van der Waals surface area contributed by atoms with Gasteiger partial charge in [-0.2, -0.15) is 11.8 Å². The van der Waals surface area contributed by atoms with E-state index < -0.39 is 0 Å². The van der Waals surface area contributed by atoms with Crippen LogP contribution >= 0.6 is 11.8 Å². The molecule has 4 aliphatic rings. The molecule has 1 saturated heterocycles. The molecule has 4 unspecified atom stereocenters. The maximum absolute atomic E-state index is 6.18. The number of hydrazine groups is 1. The normalized spacial score (nSPS) is 57.6. The summed E-state index contributed by atoms with van der Waals surface area (Å²) in [6.07, 6.45) is 2.71. The zero-order valence-corrected chi connectivity index (χ0v) is 9.83. The third-order valence-electron chi connectivity index (χ3n) is 4.66. The van der Waals surface area contributed by atoms with Crippen LogP contribution in [0.2, 0.25) is 0 Å². The van der Waals surface area contributed by atoms with Gasteiger partial charge in [-0.3, -0.25) is 5.84 Å². The van der Waals surface area contributed by atoms with Crippen LogP contribution in [0.1, 0.15) is 26.7 Å². The van der Waals surface area contributed by atoms with Gasteiger partial charge >= 0.3 is 0 Å². The lowest BCUT2D eigenvalue weighted by Gasteiger charge is -2.36. The molecule has 4 fully saturated rings. The van der Waals surface area contributed by atoms with Gasteiger partial charge in [-0.25, -0.2) is 5.01 Å². The molecule has 1 aliphatic heterocycles. The molecular formula is C11H20N2S. The quantitative estimate of drug-likeness (QED) is 0.620. The number of hydrogen-bond acceptors (Lipinski definition) is 3. The Kier molecular flexibility index (Phi) is 2.12. The highest BCUT2D eigenvalue weighted by Gasteiger charge is 2.59. The lowest BCUT2D eigenvalue weighted by Crippen LogP contribution is -2.46. The summed E-state index contributed by atoms with van der Waals surface area (Å²) in [5, 5.41) is 3.81. The van der Waals surface area contributed by atoms with E-state index in [9.17, 15) is 0 Å². The highest BCUT2D eigenvalue weighted by Crippen LogP contribution is 2.59. The summed E-state index contributed by atoms with van der Waals surface area (Å²) in [5.74, 6) is 9.00. The first-order chi connectivity index (χ1) is 6.68. The first-order valence-corrected chi connectivity index (χ1v) is 6.79. The van der Waals surface area contributed by atoms with Gasteiger partial charge < -0.3 is 0 Å². The fourth-order valence-corrected chi connectivity index (χ4v) is 5.54. The molecule has 2 nitrogen and oxygen atoms in total. The van der Waals surface area contributed by atoms with Crippen molar-refractivity contribution in [1.29, 1.82) is 0 Å². The molecule has 14 heavy (non-hydrogen) atoms. The van der Waals surface area contributed by atoms with E-state index in [1.807, 2.05) is 0 Å². The molecule has 3 saturated carbocycles. The smallest absolute Gasteiger partial charge is 0.0393 e. The fraction of sp³-hybridized carbons (Fsp3) is 1.00. The van der Waals surface area contributed by atoms with Gasteiger partial charge in [0, 0.05) is 23.1 Å². The zero-order valence-electron chi connectivity index (χ0n) is 9.02. The average molecular weight is 212 g/mol. The predicted molar refractivity (Wildman–Crippen MR) is 60.9 cm³/mol. The van der Waals surface area contributed by atoms with E-state index in [1.54, 1.807) is 0 Å². The van der Waals surface area contributed by atoms with Gasteiger partial charge in [-0.15, -0.1) is 0 Å². The minimum Gasteiger partial charge on any atom is -0.268 e. The molecule has 1 heterocycles. The monoisotopic (exact) mass is 212 g/mol. The van der Waals surface area contributed by atoms with Crippen molar-refractivity contribution >= 4 is 11.8 Å². The molecule has 0 radical (unpaired) electrons. The van der Waals surface area contributed by atoms with E-state index in [4.69, 9.17) is 5.84 Å². The number of nitrogens with zero attached hydrogens (tertiary/aromatic N) is 1. The van der Waals surface area contributed by atoms with Gasteiger partial charge in [0.15, 0.2) is 0 Å². The average Bonchev–Trinajstić information content (AvgIpc) is 2.60. The van der Waals surface area contributed by atoms with Gasteiger partial charge in [0.2, 0.25) is 0 Å². The Hall–Kier alpha value is 0.270. The second-order valence-corrected chi connectivity index (χ2v) is 6.97. The van der Waals surface area contributed by atoms with Crippen LogP contribution in [0.5, 0.6) is 0 Å². The van der Waals surface area contributed by atoms with Crippen molar-refractivity contribution in [2.75, 3.05) is 6.54 Å². The summed E-state index contributed by atoms with van der Waals surface area (Å²) in [6.45, 7) is 5.89. The molecular weight excluding hydrogens is 192 g/mol. The van der Waals surface area contributed by atoms with Gasteiger partial charge in [0.1, 0.15) is 0 Å². The van der Waals surface area contributed by atoms with Crippen LogP contribution < -0.4 is 5.84 Å². The Balaban J connectivity index is 1.85. The number of thioether (sulfide) groups is 1. The molecule has 0 spiro atoms. The summed E-state index contributed by atoms with van der Waals surface area (Å²) in [7, 11) is 0. The van der Waals surface area contributed by atoms with Crippen molar-refractivity contribution in [3.05, 3.63) is 0 Å². The molecule has 3 aliphatic carbocycles. The lowest BCUT2D eigenvalue weighted by molar-refractivity contribution is 0.111. The van der Waals surface area contributed by atoms with Gasteiger partial charge in [0.25, 0.3) is 0 Å².